The standard InChI is InChI=1S/C21H41N3O11/c1-21(18-35-15-20(25)26,16-32-12-9-29-6-5-28-4-3-23-24-22)17-33-13-10-30-7-8-31-11-14-34-19-27-2/h3-19H2,1-2H3,(H,25,26). The van der Waals surface area contributed by atoms with E-state index in [0.29, 0.717) is 85.9 Å². The molecule has 0 saturated heterocycles. The van der Waals surface area contributed by atoms with Gasteiger partial charge in [0, 0.05) is 24.0 Å². The van der Waals surface area contributed by atoms with Crippen molar-refractivity contribution < 1.29 is 52.5 Å². The molecule has 35 heavy (non-hydrogen) atoms. The quantitative estimate of drug-likeness (QED) is 0.0525. The van der Waals surface area contributed by atoms with Crippen LogP contribution in [0.4, 0.5) is 0 Å². The molecule has 0 aromatic rings. The first kappa shape index (κ1) is 33.4. The fourth-order valence-electron chi connectivity index (χ4n) is 2.44. The molecule has 0 rings (SSSR count). The SMILES string of the molecule is COCOCCOCCOCCOCC(C)(COCCOCCOCCN=[N+]=[N-])COCC(=O)O. The Hall–Kier alpha value is -1.58. The predicted molar refractivity (Wildman–Crippen MR) is 123 cm³/mol. The molecular weight excluding hydrogens is 470 g/mol. The third kappa shape index (κ3) is 25.3. The second-order valence-corrected chi connectivity index (χ2v) is 7.52. The molecule has 1 atom stereocenters. The number of azide groups is 1. The summed E-state index contributed by atoms with van der Waals surface area (Å²) < 4.78 is 48.0. The first-order valence-corrected chi connectivity index (χ1v) is 11.4. The van der Waals surface area contributed by atoms with Crippen molar-refractivity contribution in [3.63, 3.8) is 0 Å². The highest BCUT2D eigenvalue weighted by Gasteiger charge is 2.26. The van der Waals surface area contributed by atoms with Crippen LogP contribution in [0.25, 0.3) is 10.4 Å². The summed E-state index contributed by atoms with van der Waals surface area (Å²) in [6, 6.07) is 0. The largest absolute Gasteiger partial charge is 0.480 e. The van der Waals surface area contributed by atoms with Gasteiger partial charge >= 0.3 is 5.97 Å². The number of nitrogens with zero attached hydrogens (tertiary/aromatic N) is 3. The summed E-state index contributed by atoms with van der Waals surface area (Å²) in [6.07, 6.45) is 0. The first-order chi connectivity index (χ1) is 17.0. The average molecular weight is 512 g/mol. The van der Waals surface area contributed by atoms with E-state index in [2.05, 4.69) is 10.0 Å². The molecule has 0 radical (unpaired) electrons. The maximum Gasteiger partial charge on any atom is 0.329 e. The van der Waals surface area contributed by atoms with E-state index in [9.17, 15) is 4.79 Å². The summed E-state index contributed by atoms with van der Waals surface area (Å²) >= 11 is 0. The van der Waals surface area contributed by atoms with Crippen LogP contribution in [0, 0.1) is 5.41 Å². The summed E-state index contributed by atoms with van der Waals surface area (Å²) in [6.45, 7) is 7.28. The summed E-state index contributed by atoms with van der Waals surface area (Å²) in [5.41, 5.74) is 7.62. The molecule has 0 heterocycles. The number of methoxy groups -OCH3 is 1. The monoisotopic (exact) mass is 511 g/mol. The molecule has 0 bridgehead atoms. The summed E-state index contributed by atoms with van der Waals surface area (Å²) in [5, 5.41) is 12.2. The number of hydrogen-bond acceptors (Lipinski definition) is 11. The zero-order chi connectivity index (χ0) is 25.9. The molecule has 0 aromatic carbocycles. The van der Waals surface area contributed by atoms with E-state index in [1.807, 2.05) is 6.92 Å². The molecule has 0 aliphatic rings. The van der Waals surface area contributed by atoms with Crippen LogP contribution in [-0.2, 0) is 47.4 Å². The van der Waals surface area contributed by atoms with Crippen molar-refractivity contribution in [2.45, 2.75) is 6.92 Å². The highest BCUT2D eigenvalue weighted by Crippen LogP contribution is 2.18. The highest BCUT2D eigenvalue weighted by atomic mass is 16.7. The van der Waals surface area contributed by atoms with Gasteiger partial charge in [-0.1, -0.05) is 12.0 Å². The Bertz CT molecular complexity index is 539. The van der Waals surface area contributed by atoms with Crippen molar-refractivity contribution in [2.24, 2.45) is 10.5 Å². The van der Waals surface area contributed by atoms with Crippen LogP contribution >= 0.6 is 0 Å². The number of rotatable bonds is 28. The van der Waals surface area contributed by atoms with Crippen LogP contribution in [0.1, 0.15) is 6.92 Å². The second kappa shape index (κ2) is 25.5. The van der Waals surface area contributed by atoms with Crippen molar-refractivity contribution >= 4 is 5.97 Å². The van der Waals surface area contributed by atoms with Gasteiger partial charge in [0.1, 0.15) is 13.4 Å². The van der Waals surface area contributed by atoms with Gasteiger partial charge < -0.3 is 47.7 Å². The van der Waals surface area contributed by atoms with Crippen molar-refractivity contribution in [1.82, 2.24) is 0 Å². The third-order valence-electron chi connectivity index (χ3n) is 4.04. The molecule has 0 aliphatic heterocycles. The van der Waals surface area contributed by atoms with E-state index in [0.717, 1.165) is 0 Å². The fraction of sp³-hybridized carbons (Fsp3) is 0.952. The smallest absolute Gasteiger partial charge is 0.329 e. The lowest BCUT2D eigenvalue weighted by molar-refractivity contribution is -0.145. The molecule has 0 fully saturated rings. The zero-order valence-electron chi connectivity index (χ0n) is 20.9. The van der Waals surface area contributed by atoms with Crippen molar-refractivity contribution in [3.8, 4) is 0 Å². The maximum atomic E-state index is 10.7. The van der Waals surface area contributed by atoms with E-state index in [-0.39, 0.29) is 19.9 Å². The van der Waals surface area contributed by atoms with Crippen LogP contribution in [0.3, 0.4) is 0 Å². The lowest BCUT2D eigenvalue weighted by Gasteiger charge is -2.28. The van der Waals surface area contributed by atoms with Crippen LogP contribution in [0.5, 0.6) is 0 Å². The first-order valence-electron chi connectivity index (χ1n) is 11.4. The Morgan fingerprint density at radius 2 is 1.17 bits per heavy atom. The number of carboxylic acid groups (broad SMARTS) is 1. The average Bonchev–Trinajstić information content (AvgIpc) is 2.83. The topological polar surface area (TPSA) is 169 Å². The van der Waals surface area contributed by atoms with Crippen LogP contribution in [-0.4, -0.2) is 131 Å². The number of carboxylic acids is 1. The van der Waals surface area contributed by atoms with Crippen molar-refractivity contribution in [1.29, 1.82) is 0 Å². The Labute approximate surface area is 206 Å². The van der Waals surface area contributed by atoms with Gasteiger partial charge in [-0.25, -0.2) is 4.79 Å². The molecule has 206 valence electrons. The van der Waals surface area contributed by atoms with Crippen LogP contribution in [0.15, 0.2) is 5.11 Å². The van der Waals surface area contributed by atoms with Gasteiger partial charge in [-0.3, -0.25) is 0 Å². The van der Waals surface area contributed by atoms with Gasteiger partial charge in [-0.15, -0.1) is 0 Å². The minimum atomic E-state index is -1.04. The fourth-order valence-corrected chi connectivity index (χ4v) is 2.44. The van der Waals surface area contributed by atoms with E-state index in [1.54, 1.807) is 7.11 Å². The van der Waals surface area contributed by atoms with E-state index in [1.165, 1.54) is 0 Å². The molecule has 14 heteroatoms. The van der Waals surface area contributed by atoms with E-state index < -0.39 is 18.0 Å². The third-order valence-corrected chi connectivity index (χ3v) is 4.04. The molecule has 1 unspecified atom stereocenters. The highest BCUT2D eigenvalue weighted by molar-refractivity contribution is 5.67. The Morgan fingerprint density at radius 1 is 0.743 bits per heavy atom. The molecule has 0 amide bonds. The van der Waals surface area contributed by atoms with Crippen molar-refractivity contribution in [3.05, 3.63) is 10.4 Å². The van der Waals surface area contributed by atoms with Gasteiger partial charge in [0.05, 0.1) is 92.5 Å². The lowest BCUT2D eigenvalue weighted by Crippen LogP contribution is -2.36. The zero-order valence-corrected chi connectivity index (χ0v) is 20.9. The van der Waals surface area contributed by atoms with Gasteiger partial charge in [0.2, 0.25) is 0 Å². The Morgan fingerprint density at radius 3 is 1.63 bits per heavy atom. The number of carbonyl (C=O) groups is 1. The molecular formula is C21H41N3O11. The van der Waals surface area contributed by atoms with Crippen LogP contribution in [0.2, 0.25) is 0 Å². The molecule has 0 saturated carbocycles. The minimum Gasteiger partial charge on any atom is -0.480 e. The maximum absolute atomic E-state index is 10.7. The van der Waals surface area contributed by atoms with Gasteiger partial charge in [-0.2, -0.15) is 0 Å². The summed E-state index contributed by atoms with van der Waals surface area (Å²) in [7, 11) is 1.56. The van der Waals surface area contributed by atoms with Crippen molar-refractivity contribution in [2.75, 3.05) is 120 Å². The molecule has 0 aliphatic carbocycles. The minimum absolute atomic E-state index is 0.166. The molecule has 0 spiro atoms. The Kier molecular flexibility index (Phi) is 24.4. The molecule has 14 nitrogen and oxygen atoms in total. The van der Waals surface area contributed by atoms with E-state index in [4.69, 9.17) is 53.3 Å². The van der Waals surface area contributed by atoms with Gasteiger partial charge in [-0.05, 0) is 5.53 Å². The number of hydrogen-bond donors (Lipinski definition) is 1. The number of ether oxygens (including phenoxy) is 9. The van der Waals surface area contributed by atoms with Crippen LogP contribution < -0.4 is 0 Å². The second-order valence-electron chi connectivity index (χ2n) is 7.52. The molecule has 1 N–H and O–H groups in total. The Balaban J connectivity index is 3.90. The molecule has 0 aromatic heterocycles. The predicted octanol–water partition coefficient (Wildman–Crippen LogP) is 1.12. The van der Waals surface area contributed by atoms with Gasteiger partial charge in [0.15, 0.2) is 0 Å². The van der Waals surface area contributed by atoms with E-state index >= 15 is 0 Å². The normalized spacial score (nSPS) is 12.9. The van der Waals surface area contributed by atoms with Gasteiger partial charge in [0.25, 0.3) is 0 Å². The summed E-state index contributed by atoms with van der Waals surface area (Å²) in [4.78, 5) is 13.4. The summed E-state index contributed by atoms with van der Waals surface area (Å²) in [5.74, 6) is -1.04. The number of aliphatic carboxylic acids is 1. The lowest BCUT2D eigenvalue weighted by atomic mass is 9.94.